The van der Waals surface area contributed by atoms with Crippen LogP contribution < -0.4 is 10.6 Å². The fourth-order valence-corrected chi connectivity index (χ4v) is 4.40. The number of rotatable bonds is 12. The fraction of sp³-hybridized carbons (Fsp3) is 0.250. The van der Waals surface area contributed by atoms with Crippen LogP contribution in [0, 0.1) is 0 Å². The van der Waals surface area contributed by atoms with Crippen LogP contribution >= 0.6 is 0 Å². The predicted octanol–water partition coefficient (Wildman–Crippen LogP) is 4.57. The van der Waals surface area contributed by atoms with Gasteiger partial charge in [-0.05, 0) is 29.2 Å². The molecule has 0 aliphatic heterocycles. The number of carbonyl (C=O) groups is 1. The number of nitrogens with one attached hydrogen (secondary N) is 3. The molecule has 5 heteroatoms. The van der Waals surface area contributed by atoms with Crippen molar-refractivity contribution >= 4 is 16.9 Å². The third kappa shape index (κ3) is 6.31. The van der Waals surface area contributed by atoms with Crippen LogP contribution in [0.1, 0.15) is 29.0 Å². The van der Waals surface area contributed by atoms with Crippen molar-refractivity contribution in [3.63, 3.8) is 0 Å². The van der Waals surface area contributed by atoms with Gasteiger partial charge >= 0.3 is 5.97 Å². The third-order valence-corrected chi connectivity index (χ3v) is 6.05. The molecule has 1 atom stereocenters. The number of carboxylic acids is 1. The highest BCUT2D eigenvalue weighted by molar-refractivity contribution is 5.83. The molecule has 5 nitrogen and oxygen atoms in total. The fourth-order valence-electron chi connectivity index (χ4n) is 4.40. The summed E-state index contributed by atoms with van der Waals surface area (Å²) < 4.78 is 0. The van der Waals surface area contributed by atoms with Crippen LogP contribution in [-0.2, 0) is 11.2 Å². The van der Waals surface area contributed by atoms with E-state index >= 15 is 0 Å². The van der Waals surface area contributed by atoms with Gasteiger partial charge in [0.2, 0.25) is 0 Å². The number of aromatic amines is 1. The summed E-state index contributed by atoms with van der Waals surface area (Å²) in [5.74, 6) is -0.512. The number of carboxylic acid groups (broad SMARTS) is 1. The van der Waals surface area contributed by atoms with Crippen LogP contribution in [0.5, 0.6) is 0 Å². The molecule has 4 N–H and O–H groups in total. The molecular weight excluding hydrogens is 410 g/mol. The van der Waals surface area contributed by atoms with E-state index in [2.05, 4.69) is 70.2 Å². The van der Waals surface area contributed by atoms with E-state index in [9.17, 15) is 9.90 Å². The van der Waals surface area contributed by atoms with Crippen molar-refractivity contribution in [1.82, 2.24) is 15.6 Å². The Morgan fingerprint density at radius 1 is 0.848 bits per heavy atom. The first kappa shape index (κ1) is 22.8. The van der Waals surface area contributed by atoms with Crippen LogP contribution in [-0.4, -0.2) is 41.7 Å². The molecule has 3 aromatic carbocycles. The van der Waals surface area contributed by atoms with Gasteiger partial charge in [-0.2, -0.15) is 0 Å². The Labute approximate surface area is 194 Å². The van der Waals surface area contributed by atoms with Crippen molar-refractivity contribution in [2.75, 3.05) is 19.6 Å². The normalized spacial score (nSPS) is 12.3. The summed E-state index contributed by atoms with van der Waals surface area (Å²) >= 11 is 0. The second kappa shape index (κ2) is 11.5. The molecule has 4 aromatic rings. The average molecular weight is 442 g/mol. The second-order valence-electron chi connectivity index (χ2n) is 8.39. The Bertz CT molecular complexity index is 1100. The smallest absolute Gasteiger partial charge is 0.304 e. The molecular formula is C28H31N3O2. The number of H-pyrrole nitrogens is 1. The highest BCUT2D eigenvalue weighted by Gasteiger charge is 2.16. The third-order valence-electron chi connectivity index (χ3n) is 6.05. The highest BCUT2D eigenvalue weighted by Crippen LogP contribution is 2.23. The number of para-hydroxylation sites is 1. The van der Waals surface area contributed by atoms with Gasteiger partial charge in [0.25, 0.3) is 0 Å². The van der Waals surface area contributed by atoms with Gasteiger partial charge in [-0.25, -0.2) is 0 Å². The maximum Gasteiger partial charge on any atom is 0.304 e. The molecule has 0 radical (unpaired) electrons. The molecule has 0 unspecified atom stereocenters. The van der Waals surface area contributed by atoms with E-state index in [1.54, 1.807) is 0 Å². The Morgan fingerprint density at radius 2 is 1.48 bits per heavy atom. The van der Waals surface area contributed by atoms with E-state index in [1.165, 1.54) is 11.1 Å². The molecule has 1 aromatic heterocycles. The molecule has 4 rings (SSSR count). The van der Waals surface area contributed by atoms with Crippen LogP contribution in [0.2, 0.25) is 0 Å². The van der Waals surface area contributed by atoms with Crippen molar-refractivity contribution in [3.05, 3.63) is 108 Å². The molecule has 0 aliphatic rings. The van der Waals surface area contributed by atoms with Crippen LogP contribution in [0.25, 0.3) is 10.9 Å². The number of benzene rings is 3. The molecule has 1 heterocycles. The van der Waals surface area contributed by atoms with E-state index in [1.807, 2.05) is 36.5 Å². The standard InChI is InChI=1S/C28H31N3O2/c32-28(33)18-24(17-23-19-31-27-14-8-7-13-25(23)27)30-16-15-29-20-26(21-9-3-1-4-10-21)22-11-5-2-6-12-22/h1-14,19,24,26,29-31H,15-18,20H2,(H,32,33)/t24-/m1/s1. The summed E-state index contributed by atoms with van der Waals surface area (Å²) in [5.41, 5.74) is 4.79. The summed E-state index contributed by atoms with van der Waals surface area (Å²) in [4.78, 5) is 14.7. The lowest BCUT2D eigenvalue weighted by molar-refractivity contribution is -0.137. The average Bonchev–Trinajstić information content (AvgIpc) is 3.25. The SMILES string of the molecule is O=C(O)C[C@@H](Cc1c[nH]c2ccccc12)NCCNCC(c1ccccc1)c1ccccc1. The number of hydrogen-bond acceptors (Lipinski definition) is 3. The van der Waals surface area contributed by atoms with E-state index < -0.39 is 5.97 Å². The molecule has 0 amide bonds. The molecule has 170 valence electrons. The molecule has 0 bridgehead atoms. The lowest BCUT2D eigenvalue weighted by Crippen LogP contribution is -2.38. The van der Waals surface area contributed by atoms with Crippen molar-refractivity contribution in [2.45, 2.75) is 24.8 Å². The van der Waals surface area contributed by atoms with E-state index in [-0.39, 0.29) is 18.4 Å². The van der Waals surface area contributed by atoms with Crippen LogP contribution in [0.3, 0.4) is 0 Å². The monoisotopic (exact) mass is 441 g/mol. The van der Waals surface area contributed by atoms with E-state index in [0.29, 0.717) is 13.0 Å². The minimum absolute atomic E-state index is 0.0934. The number of aromatic nitrogens is 1. The predicted molar refractivity (Wildman–Crippen MR) is 134 cm³/mol. The largest absolute Gasteiger partial charge is 0.481 e. The summed E-state index contributed by atoms with van der Waals surface area (Å²) in [5, 5.41) is 17.6. The quantitative estimate of drug-likeness (QED) is 0.243. The minimum Gasteiger partial charge on any atom is -0.481 e. The molecule has 0 fully saturated rings. The maximum atomic E-state index is 11.4. The van der Waals surface area contributed by atoms with E-state index in [4.69, 9.17) is 0 Å². The first-order valence-electron chi connectivity index (χ1n) is 11.5. The summed E-state index contributed by atoms with van der Waals surface area (Å²) in [6.07, 6.45) is 2.76. The van der Waals surface area contributed by atoms with Crippen LogP contribution in [0.4, 0.5) is 0 Å². The summed E-state index contributed by atoms with van der Waals surface area (Å²) in [6.45, 7) is 2.29. The van der Waals surface area contributed by atoms with Gasteiger partial charge in [0.15, 0.2) is 0 Å². The molecule has 0 spiro atoms. The zero-order valence-corrected chi connectivity index (χ0v) is 18.7. The number of fused-ring (bicyclic) bond motifs is 1. The Kier molecular flexibility index (Phi) is 7.90. The Balaban J connectivity index is 1.32. The zero-order chi connectivity index (χ0) is 22.9. The topological polar surface area (TPSA) is 77.1 Å². The summed E-state index contributed by atoms with van der Waals surface area (Å²) in [6, 6.07) is 29.1. The van der Waals surface area contributed by atoms with Crippen molar-refractivity contribution in [2.24, 2.45) is 0 Å². The van der Waals surface area contributed by atoms with Gasteiger partial charge in [-0.15, -0.1) is 0 Å². The number of hydrogen-bond donors (Lipinski definition) is 4. The van der Waals surface area contributed by atoms with Crippen molar-refractivity contribution < 1.29 is 9.90 Å². The van der Waals surface area contributed by atoms with Gasteiger partial charge in [0, 0.05) is 48.7 Å². The summed E-state index contributed by atoms with van der Waals surface area (Å²) in [7, 11) is 0. The first-order chi connectivity index (χ1) is 16.2. The minimum atomic E-state index is -0.784. The van der Waals surface area contributed by atoms with Crippen LogP contribution in [0.15, 0.2) is 91.1 Å². The van der Waals surface area contributed by atoms with Gasteiger partial charge in [0.05, 0.1) is 6.42 Å². The van der Waals surface area contributed by atoms with Crippen molar-refractivity contribution in [1.29, 1.82) is 0 Å². The van der Waals surface area contributed by atoms with Gasteiger partial charge < -0.3 is 20.7 Å². The van der Waals surface area contributed by atoms with Gasteiger partial charge in [0.1, 0.15) is 0 Å². The highest BCUT2D eigenvalue weighted by atomic mass is 16.4. The lowest BCUT2D eigenvalue weighted by atomic mass is 9.91. The Hall–Kier alpha value is -3.41. The molecule has 33 heavy (non-hydrogen) atoms. The van der Waals surface area contributed by atoms with E-state index in [0.717, 1.165) is 29.6 Å². The maximum absolute atomic E-state index is 11.4. The molecule has 0 saturated carbocycles. The molecule has 0 saturated heterocycles. The second-order valence-corrected chi connectivity index (χ2v) is 8.39. The van der Waals surface area contributed by atoms with Gasteiger partial charge in [-0.1, -0.05) is 78.9 Å². The zero-order valence-electron chi connectivity index (χ0n) is 18.7. The lowest BCUT2D eigenvalue weighted by Gasteiger charge is -2.20. The molecule has 0 aliphatic carbocycles. The first-order valence-corrected chi connectivity index (χ1v) is 11.5. The van der Waals surface area contributed by atoms with Crippen molar-refractivity contribution in [3.8, 4) is 0 Å². The number of aliphatic carboxylic acids is 1. The van der Waals surface area contributed by atoms with Gasteiger partial charge in [-0.3, -0.25) is 4.79 Å². The Morgan fingerprint density at radius 3 is 2.15 bits per heavy atom.